The lowest BCUT2D eigenvalue weighted by Gasteiger charge is -2.14. The fraction of sp³-hybridized carbons (Fsp3) is 0.0870. The molecule has 29 heavy (non-hydrogen) atoms. The maximum atomic E-state index is 4.64. The molecule has 6 nitrogen and oxygen atoms in total. The van der Waals surface area contributed by atoms with Gasteiger partial charge >= 0.3 is 0 Å². The summed E-state index contributed by atoms with van der Waals surface area (Å²) < 4.78 is 2.05. The van der Waals surface area contributed by atoms with E-state index in [1.165, 1.54) is 0 Å². The zero-order valence-electron chi connectivity index (χ0n) is 16.2. The Labute approximate surface area is 168 Å². The van der Waals surface area contributed by atoms with Crippen LogP contribution in [-0.2, 0) is 0 Å². The number of nitrogens with one attached hydrogen (secondary N) is 1. The Hall–Kier alpha value is -3.93. The van der Waals surface area contributed by atoms with Gasteiger partial charge in [0.05, 0.1) is 17.4 Å². The van der Waals surface area contributed by atoms with Gasteiger partial charge in [-0.05, 0) is 30.3 Å². The second kappa shape index (κ2) is 6.91. The summed E-state index contributed by atoms with van der Waals surface area (Å²) in [7, 11) is 4.05. The van der Waals surface area contributed by atoms with Gasteiger partial charge in [0.1, 0.15) is 0 Å². The molecule has 3 aromatic heterocycles. The van der Waals surface area contributed by atoms with Gasteiger partial charge in [0.25, 0.3) is 0 Å². The van der Waals surface area contributed by atoms with Gasteiger partial charge in [-0.2, -0.15) is 0 Å². The van der Waals surface area contributed by atoms with Crippen molar-refractivity contribution >= 4 is 33.7 Å². The van der Waals surface area contributed by atoms with E-state index < -0.39 is 0 Å². The molecule has 5 aromatic rings. The number of pyridine rings is 1. The number of anilines is 3. The van der Waals surface area contributed by atoms with Crippen molar-refractivity contribution in [3.05, 3.63) is 79.4 Å². The summed E-state index contributed by atoms with van der Waals surface area (Å²) in [6.07, 6.45) is 7.41. The van der Waals surface area contributed by atoms with E-state index in [9.17, 15) is 0 Å². The third-order valence-electron chi connectivity index (χ3n) is 4.95. The molecule has 2 aromatic carbocycles. The smallest absolute Gasteiger partial charge is 0.180 e. The highest BCUT2D eigenvalue weighted by atomic mass is 15.1. The van der Waals surface area contributed by atoms with Crippen molar-refractivity contribution < 1.29 is 0 Å². The average molecular weight is 380 g/mol. The van der Waals surface area contributed by atoms with Gasteiger partial charge in [0.15, 0.2) is 11.5 Å². The number of imidazole rings is 1. The van der Waals surface area contributed by atoms with Crippen molar-refractivity contribution in [1.82, 2.24) is 19.4 Å². The number of nitrogens with zero attached hydrogens (tertiary/aromatic N) is 5. The topological polar surface area (TPSA) is 58.4 Å². The lowest BCUT2D eigenvalue weighted by atomic mass is 10.1. The van der Waals surface area contributed by atoms with E-state index in [1.807, 2.05) is 50.9 Å². The minimum Gasteiger partial charge on any atom is -0.378 e. The van der Waals surface area contributed by atoms with E-state index >= 15 is 0 Å². The molecule has 1 N–H and O–H groups in total. The molecule has 6 heteroatoms. The molecule has 0 aliphatic rings. The van der Waals surface area contributed by atoms with E-state index in [4.69, 9.17) is 0 Å². The van der Waals surface area contributed by atoms with E-state index in [1.54, 1.807) is 6.20 Å². The molecule has 0 atom stereocenters. The maximum absolute atomic E-state index is 4.64. The Balaban J connectivity index is 1.56. The zero-order chi connectivity index (χ0) is 19.8. The van der Waals surface area contributed by atoms with Crippen LogP contribution in [0, 0.1) is 0 Å². The molecular weight excluding hydrogens is 360 g/mol. The minimum absolute atomic E-state index is 0.716. The average Bonchev–Trinajstić information content (AvgIpc) is 3.19. The monoisotopic (exact) mass is 380 g/mol. The molecular formula is C23H20N6. The number of rotatable bonds is 4. The summed E-state index contributed by atoms with van der Waals surface area (Å²) in [5.41, 5.74) is 5.90. The first-order chi connectivity index (χ1) is 14.2. The summed E-state index contributed by atoms with van der Waals surface area (Å²) in [6, 6.07) is 18.5. The van der Waals surface area contributed by atoms with Gasteiger partial charge in [-0.25, -0.2) is 9.97 Å². The molecule has 0 aliphatic heterocycles. The SMILES string of the molecule is CN(C)c1cccc(Nc2nccn3c(-c4ccc5cccnc5c4)cnc23)c1. The Bertz CT molecular complexity index is 1320. The summed E-state index contributed by atoms with van der Waals surface area (Å²) in [5, 5.41) is 4.52. The lowest BCUT2D eigenvalue weighted by molar-refractivity contribution is 1.12. The third-order valence-corrected chi connectivity index (χ3v) is 4.95. The molecule has 5 rings (SSSR count). The van der Waals surface area contributed by atoms with Crippen molar-refractivity contribution in [3.63, 3.8) is 0 Å². The Morgan fingerprint density at radius 2 is 1.83 bits per heavy atom. The maximum Gasteiger partial charge on any atom is 0.180 e. The van der Waals surface area contributed by atoms with Gasteiger partial charge in [0.2, 0.25) is 0 Å². The van der Waals surface area contributed by atoms with Crippen LogP contribution < -0.4 is 10.2 Å². The first-order valence-electron chi connectivity index (χ1n) is 9.41. The lowest BCUT2D eigenvalue weighted by Crippen LogP contribution is -2.08. The molecule has 0 aliphatic carbocycles. The molecule has 3 heterocycles. The summed E-state index contributed by atoms with van der Waals surface area (Å²) in [4.78, 5) is 15.7. The van der Waals surface area contributed by atoms with E-state index in [-0.39, 0.29) is 0 Å². The molecule has 0 radical (unpaired) electrons. The van der Waals surface area contributed by atoms with Crippen molar-refractivity contribution in [1.29, 1.82) is 0 Å². The second-order valence-corrected chi connectivity index (χ2v) is 7.09. The van der Waals surface area contributed by atoms with Gasteiger partial charge < -0.3 is 10.2 Å². The predicted octanol–water partition coefficient (Wildman–Crippen LogP) is 4.75. The molecule has 0 amide bonds. The quantitative estimate of drug-likeness (QED) is 0.487. The van der Waals surface area contributed by atoms with Crippen LogP contribution in [0.15, 0.2) is 79.4 Å². The zero-order valence-corrected chi connectivity index (χ0v) is 16.2. The van der Waals surface area contributed by atoms with Gasteiger partial charge in [-0.3, -0.25) is 9.38 Å². The van der Waals surface area contributed by atoms with Crippen molar-refractivity contribution in [2.24, 2.45) is 0 Å². The van der Waals surface area contributed by atoms with Crippen LogP contribution in [0.3, 0.4) is 0 Å². The highest BCUT2D eigenvalue weighted by Gasteiger charge is 2.11. The molecule has 0 fully saturated rings. The first kappa shape index (κ1) is 17.2. The standard InChI is InChI=1S/C23H20N6/c1-28(2)19-7-3-6-18(14-19)27-22-23-26-15-21(29(23)12-11-25-22)17-9-8-16-5-4-10-24-20(16)13-17/h3-15H,1-2H3,(H,25,27). The Kier molecular flexibility index (Phi) is 4.09. The minimum atomic E-state index is 0.716. The van der Waals surface area contributed by atoms with Crippen molar-refractivity contribution in [2.75, 3.05) is 24.3 Å². The second-order valence-electron chi connectivity index (χ2n) is 7.09. The Morgan fingerprint density at radius 1 is 0.897 bits per heavy atom. The van der Waals surface area contributed by atoms with Gasteiger partial charge in [0, 0.05) is 55.0 Å². The van der Waals surface area contributed by atoms with Crippen LogP contribution in [0.1, 0.15) is 0 Å². The normalized spacial score (nSPS) is 11.1. The number of aromatic nitrogens is 4. The summed E-state index contributed by atoms with van der Waals surface area (Å²) in [6.45, 7) is 0. The summed E-state index contributed by atoms with van der Waals surface area (Å²) >= 11 is 0. The molecule has 0 unspecified atom stereocenters. The van der Waals surface area contributed by atoms with Crippen LogP contribution >= 0.6 is 0 Å². The van der Waals surface area contributed by atoms with Crippen LogP contribution in [0.5, 0.6) is 0 Å². The fourth-order valence-electron chi connectivity index (χ4n) is 3.45. The fourth-order valence-corrected chi connectivity index (χ4v) is 3.45. The molecule has 0 saturated heterocycles. The van der Waals surface area contributed by atoms with Crippen LogP contribution in [0.4, 0.5) is 17.2 Å². The van der Waals surface area contributed by atoms with Crippen molar-refractivity contribution in [3.8, 4) is 11.3 Å². The van der Waals surface area contributed by atoms with Crippen molar-refractivity contribution in [2.45, 2.75) is 0 Å². The third kappa shape index (κ3) is 3.14. The van der Waals surface area contributed by atoms with E-state index in [0.29, 0.717) is 5.82 Å². The molecule has 0 saturated carbocycles. The highest BCUT2D eigenvalue weighted by molar-refractivity contribution is 5.84. The first-order valence-corrected chi connectivity index (χ1v) is 9.41. The van der Waals surface area contributed by atoms with E-state index in [0.717, 1.165) is 39.2 Å². The number of hydrogen-bond acceptors (Lipinski definition) is 5. The molecule has 142 valence electrons. The van der Waals surface area contributed by atoms with Gasteiger partial charge in [-0.1, -0.05) is 24.3 Å². The highest BCUT2D eigenvalue weighted by Crippen LogP contribution is 2.28. The van der Waals surface area contributed by atoms with E-state index in [2.05, 4.69) is 66.0 Å². The van der Waals surface area contributed by atoms with Gasteiger partial charge in [-0.15, -0.1) is 0 Å². The molecule has 0 bridgehead atoms. The number of fused-ring (bicyclic) bond motifs is 2. The van der Waals surface area contributed by atoms with Crippen LogP contribution in [0.2, 0.25) is 0 Å². The van der Waals surface area contributed by atoms with Crippen LogP contribution in [0.25, 0.3) is 27.8 Å². The number of benzene rings is 2. The summed E-state index contributed by atoms with van der Waals surface area (Å²) in [5.74, 6) is 0.716. The molecule has 0 spiro atoms. The predicted molar refractivity (Wildman–Crippen MR) is 118 cm³/mol. The number of hydrogen-bond donors (Lipinski definition) is 1. The largest absolute Gasteiger partial charge is 0.378 e. The Morgan fingerprint density at radius 3 is 2.72 bits per heavy atom. The van der Waals surface area contributed by atoms with Crippen LogP contribution in [-0.4, -0.2) is 33.4 Å².